The fraction of sp³-hybridized carbons (Fsp3) is 0.353. The fourth-order valence-electron chi connectivity index (χ4n) is 2.18. The van der Waals surface area contributed by atoms with E-state index in [0.29, 0.717) is 17.3 Å². The van der Waals surface area contributed by atoms with Gasteiger partial charge in [-0.15, -0.1) is 0 Å². The van der Waals surface area contributed by atoms with Crippen LogP contribution in [0.15, 0.2) is 36.7 Å². The Labute approximate surface area is 146 Å². The number of aryl methyl sites for hydroxylation is 2. The topological polar surface area (TPSA) is 76.0 Å². The Morgan fingerprint density at radius 2 is 2.12 bits per heavy atom. The summed E-state index contributed by atoms with van der Waals surface area (Å²) >= 11 is 6.01. The lowest BCUT2D eigenvalue weighted by molar-refractivity contribution is -0.127. The Hall–Kier alpha value is -2.34. The molecule has 0 aliphatic heterocycles. The molecule has 2 rings (SSSR count). The van der Waals surface area contributed by atoms with Gasteiger partial charge in [-0.1, -0.05) is 17.7 Å². The first-order valence-corrected chi connectivity index (χ1v) is 8.14. The molecule has 0 saturated heterocycles. The minimum Gasteiger partial charge on any atom is -0.353 e. The van der Waals surface area contributed by atoms with Gasteiger partial charge in [0.05, 0.1) is 0 Å². The summed E-state index contributed by atoms with van der Waals surface area (Å²) in [6.45, 7) is 4.49. The van der Waals surface area contributed by atoms with Gasteiger partial charge in [0.2, 0.25) is 11.8 Å². The third-order valence-electron chi connectivity index (χ3n) is 3.53. The predicted molar refractivity (Wildman–Crippen MR) is 93.9 cm³/mol. The third kappa shape index (κ3) is 5.70. The summed E-state index contributed by atoms with van der Waals surface area (Å²) < 4.78 is 1.80. The number of carbonyl (C=O) groups excluding carboxylic acids is 2. The van der Waals surface area contributed by atoms with Crippen LogP contribution in [0.3, 0.4) is 0 Å². The zero-order chi connectivity index (χ0) is 17.5. The van der Waals surface area contributed by atoms with E-state index >= 15 is 0 Å². The first-order chi connectivity index (χ1) is 11.4. The van der Waals surface area contributed by atoms with Crippen molar-refractivity contribution in [3.05, 3.63) is 47.2 Å². The van der Waals surface area contributed by atoms with Crippen LogP contribution < -0.4 is 10.6 Å². The van der Waals surface area contributed by atoms with Gasteiger partial charge in [-0.25, -0.2) is 0 Å². The maximum absolute atomic E-state index is 11.9. The van der Waals surface area contributed by atoms with E-state index in [9.17, 15) is 9.59 Å². The highest BCUT2D eigenvalue weighted by Crippen LogP contribution is 2.19. The summed E-state index contributed by atoms with van der Waals surface area (Å²) in [4.78, 5) is 23.8. The molecule has 7 heteroatoms. The number of carbonyl (C=O) groups is 2. The van der Waals surface area contributed by atoms with Crippen LogP contribution >= 0.6 is 11.6 Å². The van der Waals surface area contributed by atoms with E-state index in [1.807, 2.05) is 32.2 Å². The SMILES string of the molecule is Cc1ccc(NC(=O)CC(=O)N[C@H](C)CCn2cccn2)cc1Cl. The van der Waals surface area contributed by atoms with E-state index < -0.39 is 0 Å². The largest absolute Gasteiger partial charge is 0.353 e. The van der Waals surface area contributed by atoms with Crippen LogP contribution in [0.25, 0.3) is 0 Å². The van der Waals surface area contributed by atoms with Crippen LogP contribution in [0.1, 0.15) is 25.3 Å². The molecule has 0 radical (unpaired) electrons. The number of amides is 2. The number of benzene rings is 1. The molecule has 2 N–H and O–H groups in total. The molecule has 0 unspecified atom stereocenters. The third-order valence-corrected chi connectivity index (χ3v) is 3.94. The fourth-order valence-corrected chi connectivity index (χ4v) is 2.36. The van der Waals surface area contributed by atoms with Crippen molar-refractivity contribution in [2.45, 2.75) is 39.3 Å². The van der Waals surface area contributed by atoms with E-state index in [1.54, 1.807) is 23.0 Å². The summed E-state index contributed by atoms with van der Waals surface area (Å²) in [5.41, 5.74) is 1.51. The zero-order valence-corrected chi connectivity index (χ0v) is 14.5. The number of hydrogen-bond acceptors (Lipinski definition) is 3. The normalized spacial score (nSPS) is 11.8. The van der Waals surface area contributed by atoms with E-state index in [4.69, 9.17) is 11.6 Å². The van der Waals surface area contributed by atoms with Crippen molar-refractivity contribution < 1.29 is 9.59 Å². The van der Waals surface area contributed by atoms with E-state index in [2.05, 4.69) is 15.7 Å². The van der Waals surface area contributed by atoms with Crippen molar-refractivity contribution in [3.63, 3.8) is 0 Å². The van der Waals surface area contributed by atoms with E-state index in [-0.39, 0.29) is 24.3 Å². The Bertz CT molecular complexity index is 701. The van der Waals surface area contributed by atoms with Gasteiger partial charge >= 0.3 is 0 Å². The van der Waals surface area contributed by atoms with Gasteiger partial charge < -0.3 is 10.6 Å². The number of nitrogens with zero attached hydrogens (tertiary/aromatic N) is 2. The van der Waals surface area contributed by atoms with Crippen molar-refractivity contribution in [2.75, 3.05) is 5.32 Å². The molecule has 128 valence electrons. The van der Waals surface area contributed by atoms with Crippen molar-refractivity contribution in [3.8, 4) is 0 Å². The Morgan fingerprint density at radius 1 is 1.33 bits per heavy atom. The van der Waals surface area contributed by atoms with Gasteiger partial charge in [-0.3, -0.25) is 14.3 Å². The van der Waals surface area contributed by atoms with Crippen LogP contribution in [0.5, 0.6) is 0 Å². The number of aromatic nitrogens is 2. The minimum atomic E-state index is -0.369. The van der Waals surface area contributed by atoms with Crippen molar-refractivity contribution in [1.29, 1.82) is 0 Å². The Kier molecular flexibility index (Phi) is 6.37. The van der Waals surface area contributed by atoms with Gasteiger partial charge in [0, 0.05) is 35.7 Å². The minimum absolute atomic E-state index is 0.0386. The van der Waals surface area contributed by atoms with Gasteiger partial charge in [0.25, 0.3) is 0 Å². The average molecular weight is 349 g/mol. The van der Waals surface area contributed by atoms with Gasteiger partial charge in [-0.2, -0.15) is 5.10 Å². The van der Waals surface area contributed by atoms with Gasteiger partial charge in [0.15, 0.2) is 0 Å². The summed E-state index contributed by atoms with van der Waals surface area (Å²) in [6.07, 6.45) is 4.10. The van der Waals surface area contributed by atoms with Crippen LogP contribution in [0, 0.1) is 6.92 Å². The molecule has 1 aromatic heterocycles. The van der Waals surface area contributed by atoms with Crippen LogP contribution in [0.2, 0.25) is 5.02 Å². The highest BCUT2D eigenvalue weighted by atomic mass is 35.5. The molecule has 0 saturated carbocycles. The van der Waals surface area contributed by atoms with Crippen LogP contribution in [-0.4, -0.2) is 27.6 Å². The second-order valence-corrected chi connectivity index (χ2v) is 6.12. The number of halogens is 1. The summed E-state index contributed by atoms with van der Waals surface area (Å²) in [5.74, 6) is -0.676. The monoisotopic (exact) mass is 348 g/mol. The Morgan fingerprint density at radius 3 is 2.79 bits per heavy atom. The molecule has 24 heavy (non-hydrogen) atoms. The van der Waals surface area contributed by atoms with Gasteiger partial charge in [0.1, 0.15) is 6.42 Å². The number of nitrogens with one attached hydrogen (secondary N) is 2. The molecule has 0 aliphatic carbocycles. The van der Waals surface area contributed by atoms with Crippen LogP contribution in [-0.2, 0) is 16.1 Å². The summed E-state index contributed by atoms with van der Waals surface area (Å²) in [5, 5.41) is 10.2. The smallest absolute Gasteiger partial charge is 0.233 e. The Balaban J connectivity index is 1.74. The number of hydrogen-bond donors (Lipinski definition) is 2. The molecule has 0 spiro atoms. The summed E-state index contributed by atoms with van der Waals surface area (Å²) in [6, 6.07) is 7.05. The molecule has 1 heterocycles. The highest BCUT2D eigenvalue weighted by Gasteiger charge is 2.13. The first kappa shape index (κ1) is 18.0. The predicted octanol–water partition coefficient (Wildman–Crippen LogP) is 2.77. The zero-order valence-electron chi connectivity index (χ0n) is 13.8. The second kappa shape index (κ2) is 8.49. The molecular weight excluding hydrogens is 328 g/mol. The number of anilines is 1. The molecule has 0 aliphatic rings. The molecule has 1 aromatic carbocycles. The average Bonchev–Trinajstić information content (AvgIpc) is 3.02. The quantitative estimate of drug-likeness (QED) is 0.755. The molecule has 2 aromatic rings. The standard InChI is InChI=1S/C17H21ClN4O2/c1-12-4-5-14(10-15(12)18)21-17(24)11-16(23)20-13(2)6-9-22-8-3-7-19-22/h3-5,7-8,10,13H,6,9,11H2,1-2H3,(H,20,23)(H,21,24)/t13-/m1/s1. The molecule has 2 amide bonds. The van der Waals surface area contributed by atoms with Crippen molar-refractivity contribution in [2.24, 2.45) is 0 Å². The van der Waals surface area contributed by atoms with Crippen LogP contribution in [0.4, 0.5) is 5.69 Å². The van der Waals surface area contributed by atoms with Crippen molar-refractivity contribution >= 4 is 29.1 Å². The van der Waals surface area contributed by atoms with E-state index in [0.717, 1.165) is 12.0 Å². The molecule has 1 atom stereocenters. The van der Waals surface area contributed by atoms with E-state index in [1.165, 1.54) is 0 Å². The molecular formula is C17H21ClN4O2. The molecule has 0 fully saturated rings. The van der Waals surface area contributed by atoms with Gasteiger partial charge in [-0.05, 0) is 44.0 Å². The molecule has 0 bridgehead atoms. The molecule has 6 nitrogen and oxygen atoms in total. The van der Waals surface area contributed by atoms with Crippen molar-refractivity contribution in [1.82, 2.24) is 15.1 Å². The lowest BCUT2D eigenvalue weighted by Crippen LogP contribution is -2.35. The second-order valence-electron chi connectivity index (χ2n) is 5.72. The first-order valence-electron chi connectivity index (χ1n) is 7.77. The lowest BCUT2D eigenvalue weighted by atomic mass is 10.2. The highest BCUT2D eigenvalue weighted by molar-refractivity contribution is 6.31. The lowest BCUT2D eigenvalue weighted by Gasteiger charge is -2.14. The summed E-state index contributed by atoms with van der Waals surface area (Å²) in [7, 11) is 0. The maximum Gasteiger partial charge on any atom is 0.233 e. The number of rotatable bonds is 7. The maximum atomic E-state index is 11.9.